The van der Waals surface area contributed by atoms with Gasteiger partial charge in [-0.05, 0) is 48.2 Å². The highest BCUT2D eigenvalue weighted by Crippen LogP contribution is 2.20. The summed E-state index contributed by atoms with van der Waals surface area (Å²) in [5, 5.41) is 4.15. The van der Waals surface area contributed by atoms with Crippen molar-refractivity contribution in [3.63, 3.8) is 0 Å². The van der Waals surface area contributed by atoms with Crippen molar-refractivity contribution in [1.29, 1.82) is 0 Å². The van der Waals surface area contributed by atoms with Gasteiger partial charge in [0.25, 0.3) is 5.91 Å². The number of piperazine rings is 1. The molecule has 0 spiro atoms. The Kier molecular flexibility index (Phi) is 7.72. The molecule has 2 saturated heterocycles. The smallest absolute Gasteiger partial charge is 0.277 e. The topological polar surface area (TPSA) is 49.3 Å². The Morgan fingerprint density at radius 1 is 1.14 bits per heavy atom. The van der Waals surface area contributed by atoms with Gasteiger partial charge in [-0.2, -0.15) is 0 Å². The van der Waals surface area contributed by atoms with Crippen LogP contribution in [0.3, 0.4) is 0 Å². The lowest BCUT2D eigenvalue weighted by atomic mass is 9.92. The monoisotopic (exact) mass is 419 g/mol. The third-order valence-electron chi connectivity index (χ3n) is 5.98. The summed E-state index contributed by atoms with van der Waals surface area (Å²) < 4.78 is 5.19. The van der Waals surface area contributed by atoms with Crippen LogP contribution in [0.15, 0.2) is 24.3 Å². The molecule has 29 heavy (non-hydrogen) atoms. The zero-order chi connectivity index (χ0) is 20.8. The Balaban J connectivity index is 1.39. The number of hydrogen-bond donors (Lipinski definition) is 2. The van der Waals surface area contributed by atoms with Crippen molar-refractivity contribution in [2.75, 3.05) is 52.9 Å². The normalized spacial score (nSPS) is 23.0. The molecule has 2 fully saturated rings. The average Bonchev–Trinajstić information content (AvgIpc) is 2.72. The van der Waals surface area contributed by atoms with Crippen LogP contribution in [-0.4, -0.2) is 73.7 Å². The molecule has 2 aliphatic rings. The lowest BCUT2D eigenvalue weighted by molar-refractivity contribution is -0.896. The number of quaternary nitrogens is 1. The molecule has 2 heterocycles. The van der Waals surface area contributed by atoms with Gasteiger partial charge in [0.15, 0.2) is 11.7 Å². The van der Waals surface area contributed by atoms with Crippen LogP contribution in [0.2, 0.25) is 0 Å². The van der Waals surface area contributed by atoms with E-state index in [1.807, 2.05) is 24.3 Å². The number of nitrogens with one attached hydrogen (secondary N) is 2. The minimum absolute atomic E-state index is 0.312. The fourth-order valence-corrected chi connectivity index (χ4v) is 4.68. The van der Waals surface area contributed by atoms with Crippen LogP contribution < -0.4 is 15.0 Å². The molecule has 2 N–H and O–H groups in total. The van der Waals surface area contributed by atoms with Crippen LogP contribution >= 0.6 is 12.2 Å². The quantitative estimate of drug-likeness (QED) is 0.691. The Morgan fingerprint density at radius 3 is 2.34 bits per heavy atom. The lowest BCUT2D eigenvalue weighted by Gasteiger charge is -2.37. The third-order valence-corrected chi connectivity index (χ3v) is 6.39. The second-order valence-corrected chi connectivity index (χ2v) is 9.05. The van der Waals surface area contributed by atoms with Crippen LogP contribution in [0, 0.1) is 11.8 Å². The van der Waals surface area contributed by atoms with E-state index < -0.39 is 0 Å². The minimum Gasteiger partial charge on any atom is -0.497 e. The van der Waals surface area contributed by atoms with Crippen LogP contribution in [0.4, 0.5) is 0 Å². The second-order valence-electron chi connectivity index (χ2n) is 8.67. The summed E-state index contributed by atoms with van der Waals surface area (Å²) in [5.41, 5.74) is 1.17. The predicted octanol–water partition coefficient (Wildman–Crippen LogP) is 0.775. The van der Waals surface area contributed by atoms with Crippen LogP contribution in [0.5, 0.6) is 5.75 Å². The Hall–Kier alpha value is -1.86. The number of piperidine rings is 1. The number of rotatable bonds is 5. The van der Waals surface area contributed by atoms with Crippen molar-refractivity contribution in [2.24, 2.45) is 11.8 Å². The highest BCUT2D eigenvalue weighted by Gasteiger charge is 2.29. The number of carbonyl (C=O) groups excluding carboxylic acids is 1. The first-order chi connectivity index (χ1) is 13.9. The van der Waals surface area contributed by atoms with E-state index in [9.17, 15) is 4.79 Å². The van der Waals surface area contributed by atoms with Crippen molar-refractivity contribution in [3.05, 3.63) is 29.8 Å². The number of methoxy groups -OCH3 is 1. The summed E-state index contributed by atoms with van der Waals surface area (Å²) in [6.45, 7) is 11.4. The van der Waals surface area contributed by atoms with Crippen LogP contribution in [0.1, 0.15) is 25.8 Å². The van der Waals surface area contributed by atoms with Crippen molar-refractivity contribution >= 4 is 23.2 Å². The number of likely N-dealkylation sites (tertiary alicyclic amines) is 1. The number of carbonyl (C=O) groups is 1. The summed E-state index contributed by atoms with van der Waals surface area (Å²) >= 11 is 5.58. The zero-order valence-electron chi connectivity index (χ0n) is 17.9. The standard InChI is InChI=1S/C22H34N4O2S/c1-17-12-18(2)15-26(14-17)21(27)16-24-8-10-25(11-9-24)22(29)23-13-19-4-6-20(28-3)7-5-19/h4-7,17-18H,8-16H2,1-3H3,(H,23,29)/p+1/t17-,18+. The van der Waals surface area contributed by atoms with Gasteiger partial charge in [-0.3, -0.25) is 4.79 Å². The van der Waals surface area contributed by atoms with Gasteiger partial charge in [-0.25, -0.2) is 0 Å². The molecule has 1 amide bonds. The van der Waals surface area contributed by atoms with Crippen LogP contribution in [0.25, 0.3) is 0 Å². The maximum Gasteiger partial charge on any atom is 0.277 e. The number of ether oxygens (including phenoxy) is 1. The summed E-state index contributed by atoms with van der Waals surface area (Å²) in [5.74, 6) is 2.40. The van der Waals surface area contributed by atoms with E-state index in [-0.39, 0.29) is 0 Å². The number of thiocarbonyl (C=S) groups is 1. The van der Waals surface area contributed by atoms with E-state index in [1.54, 1.807) is 7.11 Å². The second kappa shape index (κ2) is 10.3. The Bertz CT molecular complexity index is 679. The SMILES string of the molecule is COc1ccc(CNC(=S)N2CC[NH+](CC(=O)N3C[C@H](C)C[C@H](C)C3)CC2)cc1. The molecule has 1 aromatic carbocycles. The summed E-state index contributed by atoms with van der Waals surface area (Å²) in [6.07, 6.45) is 1.23. The number of hydrogen-bond acceptors (Lipinski definition) is 3. The van der Waals surface area contributed by atoms with E-state index in [0.717, 1.165) is 50.1 Å². The van der Waals surface area contributed by atoms with Gasteiger partial charge >= 0.3 is 0 Å². The molecule has 6 nitrogen and oxygen atoms in total. The number of benzene rings is 1. The zero-order valence-corrected chi connectivity index (χ0v) is 18.8. The van der Waals surface area contributed by atoms with Crippen molar-refractivity contribution in [2.45, 2.75) is 26.8 Å². The fourth-order valence-electron chi connectivity index (χ4n) is 4.43. The first-order valence-corrected chi connectivity index (χ1v) is 11.1. The molecule has 0 unspecified atom stereocenters. The molecule has 2 aliphatic heterocycles. The molecular formula is C22H35N4O2S+. The first-order valence-electron chi connectivity index (χ1n) is 10.7. The van der Waals surface area contributed by atoms with Gasteiger partial charge in [0, 0.05) is 19.6 Å². The van der Waals surface area contributed by atoms with Crippen molar-refractivity contribution in [3.8, 4) is 5.75 Å². The predicted molar refractivity (Wildman–Crippen MR) is 119 cm³/mol. The van der Waals surface area contributed by atoms with Gasteiger partial charge in [0.1, 0.15) is 5.75 Å². The van der Waals surface area contributed by atoms with E-state index in [4.69, 9.17) is 17.0 Å². The summed E-state index contributed by atoms with van der Waals surface area (Å²) in [6, 6.07) is 8.01. The van der Waals surface area contributed by atoms with Crippen LogP contribution in [-0.2, 0) is 11.3 Å². The minimum atomic E-state index is 0.312. The Labute approximate surface area is 180 Å². The molecule has 7 heteroatoms. The lowest BCUT2D eigenvalue weighted by Crippen LogP contribution is -3.16. The molecular weight excluding hydrogens is 384 g/mol. The molecule has 1 aromatic rings. The van der Waals surface area contributed by atoms with Gasteiger partial charge in [-0.1, -0.05) is 26.0 Å². The van der Waals surface area contributed by atoms with Gasteiger partial charge in [0.2, 0.25) is 0 Å². The third kappa shape index (κ3) is 6.31. The number of nitrogens with zero attached hydrogens (tertiary/aromatic N) is 2. The van der Waals surface area contributed by atoms with Crippen molar-refractivity contribution < 1.29 is 14.4 Å². The molecule has 0 saturated carbocycles. The van der Waals surface area contributed by atoms with Crippen molar-refractivity contribution in [1.82, 2.24) is 15.1 Å². The maximum atomic E-state index is 12.7. The maximum absolute atomic E-state index is 12.7. The molecule has 0 aromatic heterocycles. The van der Waals surface area contributed by atoms with E-state index in [0.29, 0.717) is 30.8 Å². The average molecular weight is 420 g/mol. The first kappa shape index (κ1) is 21.8. The molecule has 0 radical (unpaired) electrons. The van der Waals surface area contributed by atoms with E-state index in [1.165, 1.54) is 16.9 Å². The molecule has 0 aliphatic carbocycles. The highest BCUT2D eigenvalue weighted by molar-refractivity contribution is 7.80. The number of amides is 1. The molecule has 160 valence electrons. The summed E-state index contributed by atoms with van der Waals surface area (Å²) in [4.78, 5) is 18.4. The fraction of sp³-hybridized carbons (Fsp3) is 0.636. The van der Waals surface area contributed by atoms with E-state index >= 15 is 0 Å². The largest absolute Gasteiger partial charge is 0.497 e. The molecule has 2 atom stereocenters. The van der Waals surface area contributed by atoms with Gasteiger partial charge in [-0.15, -0.1) is 0 Å². The summed E-state index contributed by atoms with van der Waals surface area (Å²) in [7, 11) is 1.67. The molecule has 3 rings (SSSR count). The Morgan fingerprint density at radius 2 is 1.76 bits per heavy atom. The molecule has 0 bridgehead atoms. The van der Waals surface area contributed by atoms with Gasteiger partial charge in [0.05, 0.1) is 33.3 Å². The van der Waals surface area contributed by atoms with E-state index in [2.05, 4.69) is 29.0 Å². The highest BCUT2D eigenvalue weighted by atomic mass is 32.1. The van der Waals surface area contributed by atoms with Gasteiger partial charge < -0.3 is 24.8 Å².